The minimum Gasteiger partial charge on any atom is -0.341 e. The maximum atomic E-state index is 13.3. The van der Waals surface area contributed by atoms with Gasteiger partial charge in [0.25, 0.3) is 15.9 Å². The molecule has 1 heterocycles. The van der Waals surface area contributed by atoms with Gasteiger partial charge >= 0.3 is 6.03 Å². The smallest absolute Gasteiger partial charge is 0.321 e. The first-order valence-corrected chi connectivity index (χ1v) is 14.8. The Kier molecular flexibility index (Phi) is 9.22. The number of nitrogens with zero attached hydrogens (tertiary/aromatic N) is 2. The van der Waals surface area contributed by atoms with Gasteiger partial charge in [-0.2, -0.15) is 0 Å². The molecule has 0 aromatic heterocycles. The number of sulfonamides is 1. The number of carbonyl (C=O) groups excluding carboxylic acids is 2. The van der Waals surface area contributed by atoms with Gasteiger partial charge in [-0.15, -0.1) is 0 Å². The first-order chi connectivity index (χ1) is 18.9. The van der Waals surface area contributed by atoms with Crippen molar-refractivity contribution in [2.45, 2.75) is 24.7 Å². The van der Waals surface area contributed by atoms with Gasteiger partial charge in [-0.05, 0) is 85.8 Å². The van der Waals surface area contributed by atoms with Crippen LogP contribution in [-0.4, -0.2) is 56.8 Å². The summed E-state index contributed by atoms with van der Waals surface area (Å²) in [7, 11) is -2.37. The zero-order valence-corrected chi connectivity index (χ0v) is 24.3. The monoisotopic (exact) mass is 606 g/mol. The zero-order valence-electron chi connectivity index (χ0n) is 22.0. The van der Waals surface area contributed by atoms with Gasteiger partial charge in [-0.1, -0.05) is 29.3 Å². The third kappa shape index (κ3) is 7.24. The predicted molar refractivity (Wildman–Crippen MR) is 155 cm³/mol. The fraction of sp³-hybridized carbons (Fsp3) is 0.286. The number of aryl methyl sites for hydroxylation is 1. The maximum Gasteiger partial charge on any atom is 0.321 e. The summed E-state index contributed by atoms with van der Waals surface area (Å²) >= 11 is 12.4. The van der Waals surface area contributed by atoms with Crippen molar-refractivity contribution in [3.8, 4) is 0 Å². The summed E-state index contributed by atoms with van der Waals surface area (Å²) in [5.41, 5.74) is 1.70. The third-order valence-electron chi connectivity index (χ3n) is 6.78. The van der Waals surface area contributed by atoms with Gasteiger partial charge in [0.1, 0.15) is 5.82 Å². The van der Waals surface area contributed by atoms with Crippen LogP contribution in [-0.2, 0) is 10.0 Å². The highest BCUT2D eigenvalue weighted by Crippen LogP contribution is 2.27. The Morgan fingerprint density at radius 1 is 0.975 bits per heavy atom. The largest absolute Gasteiger partial charge is 0.341 e. The highest BCUT2D eigenvalue weighted by atomic mass is 35.5. The number of nitrogens with one attached hydrogen (secondary N) is 2. The molecule has 0 unspecified atom stereocenters. The number of piperidine rings is 1. The van der Waals surface area contributed by atoms with E-state index in [1.54, 1.807) is 24.1 Å². The Hall–Kier alpha value is -3.34. The van der Waals surface area contributed by atoms with E-state index in [-0.39, 0.29) is 33.2 Å². The Bertz CT molecular complexity index is 1510. The molecule has 3 aromatic rings. The minimum absolute atomic E-state index is 0.0742. The Balaban J connectivity index is 1.36. The van der Waals surface area contributed by atoms with Crippen LogP contribution in [0.4, 0.5) is 20.6 Å². The number of amides is 3. The molecule has 8 nitrogen and oxygen atoms in total. The number of hydrogen-bond acceptors (Lipinski definition) is 4. The van der Waals surface area contributed by atoms with Crippen LogP contribution in [0, 0.1) is 18.7 Å². The van der Waals surface area contributed by atoms with Crippen LogP contribution < -0.4 is 10.0 Å². The molecule has 1 fully saturated rings. The molecule has 0 aliphatic carbocycles. The number of hydrogen-bond donors (Lipinski definition) is 2. The first-order valence-electron chi connectivity index (χ1n) is 12.6. The number of benzene rings is 3. The topological polar surface area (TPSA) is 98.8 Å². The number of urea groups is 1. The summed E-state index contributed by atoms with van der Waals surface area (Å²) in [6.07, 6.45) is 1.36. The summed E-state index contributed by atoms with van der Waals surface area (Å²) < 4.78 is 41.6. The zero-order chi connectivity index (χ0) is 29.0. The standard InChI is InChI=1S/C28H29Cl2FN4O4S/c1-18-3-6-22(15-26(18)30)33-40(38,39)23-9-10-25(29)24(16-23)27(36)34(2)17-19-11-13-35(14-12-19)28(37)32-21-7-4-20(31)5-8-21/h3-10,15-16,19,33H,11-14,17H2,1-2H3,(H,32,37). The first kappa shape index (κ1) is 29.6. The summed E-state index contributed by atoms with van der Waals surface area (Å²) in [5, 5.41) is 3.32. The number of anilines is 2. The number of rotatable bonds is 7. The van der Waals surface area contributed by atoms with E-state index in [1.807, 2.05) is 6.92 Å². The third-order valence-corrected chi connectivity index (χ3v) is 8.89. The van der Waals surface area contributed by atoms with Crippen molar-refractivity contribution >= 4 is 56.5 Å². The molecule has 2 N–H and O–H groups in total. The summed E-state index contributed by atoms with van der Waals surface area (Å²) in [5.74, 6) is -0.643. The average molecular weight is 608 g/mol. The lowest BCUT2D eigenvalue weighted by Crippen LogP contribution is -2.43. The van der Waals surface area contributed by atoms with Crippen LogP contribution in [0.15, 0.2) is 65.6 Å². The second-order valence-electron chi connectivity index (χ2n) is 9.76. The van der Waals surface area contributed by atoms with Gasteiger partial charge in [-0.3, -0.25) is 9.52 Å². The quantitative estimate of drug-likeness (QED) is 0.332. The van der Waals surface area contributed by atoms with Gasteiger partial charge in [0.15, 0.2) is 0 Å². The van der Waals surface area contributed by atoms with Gasteiger partial charge in [-0.25, -0.2) is 17.6 Å². The van der Waals surface area contributed by atoms with E-state index in [0.29, 0.717) is 48.9 Å². The van der Waals surface area contributed by atoms with Crippen LogP contribution >= 0.6 is 23.2 Å². The van der Waals surface area contributed by atoms with E-state index >= 15 is 0 Å². The van der Waals surface area contributed by atoms with Gasteiger partial charge in [0, 0.05) is 37.4 Å². The van der Waals surface area contributed by atoms with Gasteiger partial charge < -0.3 is 15.1 Å². The fourth-order valence-electron chi connectivity index (χ4n) is 4.44. The van der Waals surface area contributed by atoms with Gasteiger partial charge in [0.2, 0.25) is 0 Å². The molecule has 0 radical (unpaired) electrons. The van der Waals surface area contributed by atoms with E-state index in [2.05, 4.69) is 10.0 Å². The van der Waals surface area contributed by atoms with Crippen LogP contribution in [0.2, 0.25) is 10.0 Å². The molecule has 0 atom stereocenters. The Labute approximate surface area is 243 Å². The lowest BCUT2D eigenvalue weighted by Gasteiger charge is -2.34. The second kappa shape index (κ2) is 12.4. The van der Waals surface area contributed by atoms with Crippen LogP contribution in [0.5, 0.6) is 0 Å². The predicted octanol–water partition coefficient (Wildman–Crippen LogP) is 6.26. The second-order valence-corrected chi connectivity index (χ2v) is 12.3. The summed E-state index contributed by atoms with van der Waals surface area (Å²) in [4.78, 5) is 28.9. The maximum absolute atomic E-state index is 13.3. The van der Waals surface area contributed by atoms with Crippen LogP contribution in [0.1, 0.15) is 28.8 Å². The van der Waals surface area contributed by atoms with Crippen LogP contribution in [0.3, 0.4) is 0 Å². The van der Waals surface area contributed by atoms with Crippen LogP contribution in [0.25, 0.3) is 0 Å². The molecule has 212 valence electrons. The molecule has 12 heteroatoms. The lowest BCUT2D eigenvalue weighted by molar-refractivity contribution is 0.0748. The normalized spacial score (nSPS) is 14.1. The minimum atomic E-state index is -4.01. The molecule has 40 heavy (non-hydrogen) atoms. The highest BCUT2D eigenvalue weighted by Gasteiger charge is 2.27. The van der Waals surface area contributed by atoms with Crippen molar-refractivity contribution in [2.24, 2.45) is 5.92 Å². The molecule has 1 saturated heterocycles. The molecule has 3 amide bonds. The van der Waals surface area contributed by atoms with Gasteiger partial charge in [0.05, 0.1) is 21.2 Å². The Morgan fingerprint density at radius 3 is 2.27 bits per heavy atom. The number of carbonyl (C=O) groups is 2. The summed E-state index contributed by atoms with van der Waals surface area (Å²) in [6.45, 7) is 3.23. The van der Waals surface area contributed by atoms with E-state index in [9.17, 15) is 22.4 Å². The molecule has 4 rings (SSSR count). The van der Waals surface area contributed by atoms with E-state index < -0.39 is 15.9 Å². The molecule has 1 aliphatic heterocycles. The molecule has 1 aliphatic rings. The van der Waals surface area contributed by atoms with Crippen molar-refractivity contribution in [2.75, 3.05) is 36.7 Å². The molecular formula is C28H29Cl2FN4O4S. The van der Waals surface area contributed by atoms with Crippen molar-refractivity contribution < 1.29 is 22.4 Å². The van der Waals surface area contributed by atoms with E-state index in [1.165, 1.54) is 53.4 Å². The van der Waals surface area contributed by atoms with Crippen molar-refractivity contribution in [3.05, 3.63) is 87.7 Å². The number of likely N-dealkylation sites (tertiary alicyclic amines) is 1. The molecule has 0 spiro atoms. The summed E-state index contributed by atoms with van der Waals surface area (Å²) in [6, 6.07) is 14.1. The lowest BCUT2D eigenvalue weighted by atomic mass is 9.96. The molecule has 0 saturated carbocycles. The fourth-order valence-corrected chi connectivity index (χ4v) is 5.89. The highest BCUT2D eigenvalue weighted by molar-refractivity contribution is 7.92. The average Bonchev–Trinajstić information content (AvgIpc) is 2.92. The molecule has 3 aromatic carbocycles. The number of halogens is 3. The molecular weight excluding hydrogens is 578 g/mol. The van der Waals surface area contributed by atoms with Crippen molar-refractivity contribution in [3.63, 3.8) is 0 Å². The van der Waals surface area contributed by atoms with Crippen molar-refractivity contribution in [1.29, 1.82) is 0 Å². The Morgan fingerprint density at radius 2 is 1.62 bits per heavy atom. The molecule has 0 bridgehead atoms. The van der Waals surface area contributed by atoms with E-state index in [0.717, 1.165) is 5.56 Å². The van der Waals surface area contributed by atoms with E-state index in [4.69, 9.17) is 23.2 Å². The van der Waals surface area contributed by atoms with Crippen molar-refractivity contribution in [1.82, 2.24) is 9.80 Å². The SMILES string of the molecule is Cc1ccc(NS(=O)(=O)c2ccc(Cl)c(C(=O)N(C)CC3CCN(C(=O)Nc4ccc(F)cc4)CC3)c2)cc1Cl.